The third kappa shape index (κ3) is 2.49. The predicted molar refractivity (Wildman–Crippen MR) is 73.5 cm³/mol. The van der Waals surface area contributed by atoms with Crippen molar-refractivity contribution in [2.45, 2.75) is 33.1 Å². The van der Waals surface area contributed by atoms with Crippen LogP contribution in [0.2, 0.25) is 5.15 Å². The van der Waals surface area contributed by atoms with Gasteiger partial charge in [0.2, 0.25) is 11.0 Å². The summed E-state index contributed by atoms with van der Waals surface area (Å²) in [6, 6.07) is 0. The first-order valence-corrected chi connectivity index (χ1v) is 6.80. The minimum Gasteiger partial charge on any atom is -0.350 e. The average molecular weight is 285 g/mol. The highest BCUT2D eigenvalue weighted by Crippen LogP contribution is 2.41. The van der Waals surface area contributed by atoms with E-state index in [9.17, 15) is 10.1 Å². The Morgan fingerprint density at radius 1 is 1.47 bits per heavy atom. The largest absolute Gasteiger partial charge is 0.350 e. The molecule has 0 aliphatic carbocycles. The van der Waals surface area contributed by atoms with E-state index in [1.54, 1.807) is 0 Å². The highest BCUT2D eigenvalue weighted by Gasteiger charge is 2.38. The van der Waals surface area contributed by atoms with Crippen molar-refractivity contribution in [2.24, 2.45) is 5.41 Å². The summed E-state index contributed by atoms with van der Waals surface area (Å²) in [7, 11) is 0. The molecule has 2 heterocycles. The minimum atomic E-state index is -0.504. The zero-order valence-corrected chi connectivity index (χ0v) is 11.9. The van der Waals surface area contributed by atoms with Crippen LogP contribution in [0, 0.1) is 15.5 Å². The van der Waals surface area contributed by atoms with Gasteiger partial charge in [-0.1, -0.05) is 25.4 Å². The van der Waals surface area contributed by atoms with Crippen molar-refractivity contribution in [1.29, 1.82) is 0 Å². The van der Waals surface area contributed by atoms with Crippen LogP contribution in [-0.2, 0) is 0 Å². The molecule has 0 unspecified atom stereocenters. The van der Waals surface area contributed by atoms with Gasteiger partial charge in [-0.05, 0) is 24.7 Å². The summed E-state index contributed by atoms with van der Waals surface area (Å²) in [5.41, 5.74) is 0.0397. The van der Waals surface area contributed by atoms with Gasteiger partial charge in [-0.25, -0.2) is 9.97 Å². The summed E-state index contributed by atoms with van der Waals surface area (Å²) in [6.45, 7) is 5.88. The number of hydrogen-bond acceptors (Lipinski definition) is 5. The van der Waals surface area contributed by atoms with E-state index in [4.69, 9.17) is 11.6 Å². The molecule has 1 aliphatic heterocycles. The van der Waals surface area contributed by atoms with E-state index in [-0.39, 0.29) is 16.3 Å². The SMILES string of the molecule is CCC1(CC)CCN(c2ncnc(Cl)c2[N+](=O)[O-])C1. The van der Waals surface area contributed by atoms with Gasteiger partial charge in [-0.3, -0.25) is 10.1 Å². The maximum atomic E-state index is 11.1. The van der Waals surface area contributed by atoms with Crippen molar-refractivity contribution in [1.82, 2.24) is 9.97 Å². The van der Waals surface area contributed by atoms with Gasteiger partial charge < -0.3 is 4.90 Å². The molecule has 6 nitrogen and oxygen atoms in total. The van der Waals surface area contributed by atoms with Crippen LogP contribution in [0.25, 0.3) is 0 Å². The number of hydrogen-bond donors (Lipinski definition) is 0. The van der Waals surface area contributed by atoms with Crippen molar-refractivity contribution < 1.29 is 4.92 Å². The Morgan fingerprint density at radius 2 is 2.16 bits per heavy atom. The topological polar surface area (TPSA) is 72.2 Å². The van der Waals surface area contributed by atoms with Gasteiger partial charge in [0.05, 0.1) is 4.92 Å². The van der Waals surface area contributed by atoms with Crippen LogP contribution in [0.5, 0.6) is 0 Å². The molecule has 0 saturated carbocycles. The molecule has 0 bridgehead atoms. The number of nitrogens with zero attached hydrogens (tertiary/aromatic N) is 4. The normalized spacial score (nSPS) is 17.7. The Labute approximate surface area is 117 Å². The zero-order chi connectivity index (χ0) is 14.0. The van der Waals surface area contributed by atoms with E-state index in [1.165, 1.54) is 6.33 Å². The standard InChI is InChI=1S/C12H17ClN4O2/c1-3-12(4-2)5-6-16(7-12)11-9(17(18)19)10(13)14-8-15-11/h8H,3-7H2,1-2H3. The van der Waals surface area contributed by atoms with E-state index in [0.29, 0.717) is 5.82 Å². The lowest BCUT2D eigenvalue weighted by Crippen LogP contribution is -2.27. The summed E-state index contributed by atoms with van der Waals surface area (Å²) < 4.78 is 0. The lowest BCUT2D eigenvalue weighted by molar-refractivity contribution is -0.384. The Balaban J connectivity index is 2.34. The Hall–Kier alpha value is -1.43. The maximum absolute atomic E-state index is 11.1. The molecule has 0 aromatic carbocycles. The highest BCUT2D eigenvalue weighted by atomic mass is 35.5. The van der Waals surface area contributed by atoms with Crippen molar-refractivity contribution in [3.8, 4) is 0 Å². The summed E-state index contributed by atoms with van der Waals surface area (Å²) in [6.07, 6.45) is 4.43. The van der Waals surface area contributed by atoms with Gasteiger partial charge >= 0.3 is 5.69 Å². The molecule has 2 rings (SSSR count). The van der Waals surface area contributed by atoms with E-state index in [2.05, 4.69) is 23.8 Å². The van der Waals surface area contributed by atoms with Crippen LogP contribution in [0.15, 0.2) is 6.33 Å². The van der Waals surface area contributed by atoms with Crippen molar-refractivity contribution in [3.05, 3.63) is 21.6 Å². The quantitative estimate of drug-likeness (QED) is 0.483. The summed E-state index contributed by atoms with van der Waals surface area (Å²) in [5, 5.41) is 11.0. The molecule has 1 fully saturated rings. The molecule has 1 aromatic heterocycles. The van der Waals surface area contributed by atoms with Crippen molar-refractivity contribution in [3.63, 3.8) is 0 Å². The zero-order valence-electron chi connectivity index (χ0n) is 11.1. The van der Waals surface area contributed by atoms with Crippen LogP contribution in [0.1, 0.15) is 33.1 Å². The molecule has 104 valence electrons. The Morgan fingerprint density at radius 3 is 2.68 bits per heavy atom. The number of anilines is 1. The van der Waals surface area contributed by atoms with Gasteiger partial charge in [0.25, 0.3) is 0 Å². The van der Waals surface area contributed by atoms with E-state index >= 15 is 0 Å². The lowest BCUT2D eigenvalue weighted by atomic mass is 9.82. The summed E-state index contributed by atoms with van der Waals surface area (Å²) >= 11 is 5.82. The van der Waals surface area contributed by atoms with Gasteiger partial charge in [-0.2, -0.15) is 0 Å². The molecule has 1 saturated heterocycles. The summed E-state index contributed by atoms with van der Waals surface area (Å²) in [4.78, 5) is 20.3. The fraction of sp³-hybridized carbons (Fsp3) is 0.667. The molecule has 0 atom stereocenters. The predicted octanol–water partition coefficient (Wildman–Crippen LogP) is 3.05. The van der Waals surface area contributed by atoms with Crippen LogP contribution < -0.4 is 4.90 Å². The molecule has 0 amide bonds. The lowest BCUT2D eigenvalue weighted by Gasteiger charge is -2.26. The first-order chi connectivity index (χ1) is 9.03. The molecule has 1 aliphatic rings. The second-order valence-electron chi connectivity index (χ2n) is 4.97. The molecule has 1 aromatic rings. The molecular formula is C12H17ClN4O2. The maximum Gasteiger partial charge on any atom is 0.348 e. The third-order valence-corrected chi connectivity index (χ3v) is 4.46. The van der Waals surface area contributed by atoms with Crippen LogP contribution >= 0.6 is 11.6 Å². The van der Waals surface area contributed by atoms with Crippen LogP contribution in [-0.4, -0.2) is 28.0 Å². The van der Waals surface area contributed by atoms with Gasteiger partial charge in [0.1, 0.15) is 6.33 Å². The fourth-order valence-electron chi connectivity index (χ4n) is 2.68. The van der Waals surface area contributed by atoms with Crippen LogP contribution in [0.3, 0.4) is 0 Å². The van der Waals surface area contributed by atoms with Crippen LogP contribution in [0.4, 0.5) is 11.5 Å². The van der Waals surface area contributed by atoms with Gasteiger partial charge in [0.15, 0.2) is 0 Å². The second-order valence-corrected chi connectivity index (χ2v) is 5.33. The monoisotopic (exact) mass is 284 g/mol. The molecule has 19 heavy (non-hydrogen) atoms. The van der Waals surface area contributed by atoms with Gasteiger partial charge in [-0.15, -0.1) is 0 Å². The first-order valence-electron chi connectivity index (χ1n) is 6.43. The molecule has 0 radical (unpaired) electrons. The van der Waals surface area contributed by atoms with Crippen molar-refractivity contribution in [2.75, 3.05) is 18.0 Å². The van der Waals surface area contributed by atoms with Gasteiger partial charge in [0, 0.05) is 13.1 Å². The number of halogens is 1. The minimum absolute atomic E-state index is 0.0968. The highest BCUT2D eigenvalue weighted by molar-refractivity contribution is 6.31. The van der Waals surface area contributed by atoms with Crippen molar-refractivity contribution >= 4 is 23.1 Å². The Kier molecular flexibility index (Phi) is 3.89. The molecule has 0 spiro atoms. The smallest absolute Gasteiger partial charge is 0.348 e. The average Bonchev–Trinajstić information content (AvgIpc) is 2.83. The second kappa shape index (κ2) is 5.28. The van der Waals surface area contributed by atoms with E-state index in [0.717, 1.165) is 32.4 Å². The fourth-order valence-corrected chi connectivity index (χ4v) is 2.88. The Bertz CT molecular complexity index is 491. The molecule has 0 N–H and O–H groups in total. The number of aromatic nitrogens is 2. The number of rotatable bonds is 4. The molecule has 7 heteroatoms. The number of nitro groups is 1. The summed E-state index contributed by atoms with van der Waals surface area (Å²) in [5.74, 6) is 0.341. The van der Waals surface area contributed by atoms with E-state index < -0.39 is 4.92 Å². The molecular weight excluding hydrogens is 268 g/mol. The first kappa shape index (κ1) is 14.0. The third-order valence-electron chi connectivity index (χ3n) is 4.18. The van der Waals surface area contributed by atoms with E-state index in [1.807, 2.05) is 4.90 Å².